The highest BCUT2D eigenvalue weighted by molar-refractivity contribution is 5.69. The van der Waals surface area contributed by atoms with Gasteiger partial charge in [0.05, 0.1) is 13.2 Å². The number of benzene rings is 1. The molecule has 0 heterocycles. The molecule has 2 aliphatic carbocycles. The number of ether oxygens (including phenoxy) is 1. The summed E-state index contributed by atoms with van der Waals surface area (Å²) in [5.74, 6) is -0.0934. The van der Waals surface area contributed by atoms with Crippen LogP contribution in [0.5, 0.6) is 5.75 Å². The first-order chi connectivity index (χ1) is 12.0. The standard InChI is InChI=1S/C19H27FN2O3/c1-2-25-18-6-5-14(7-17(18)20)10-21-15-8-16(9-15)22(12-19(23)24)11-13-3-4-13/h5-7,13,15-16,21H,2-4,8-12H2,1H3,(H,23,24). The van der Waals surface area contributed by atoms with E-state index < -0.39 is 5.97 Å². The van der Waals surface area contributed by atoms with Crippen LogP contribution < -0.4 is 10.1 Å². The van der Waals surface area contributed by atoms with Crippen LogP contribution >= 0.6 is 0 Å². The maximum atomic E-state index is 13.9. The Bertz CT molecular complexity index is 600. The van der Waals surface area contributed by atoms with Gasteiger partial charge in [0.25, 0.3) is 0 Å². The Balaban J connectivity index is 1.43. The van der Waals surface area contributed by atoms with Crippen molar-refractivity contribution in [3.8, 4) is 5.75 Å². The molecule has 0 saturated heterocycles. The molecule has 0 unspecified atom stereocenters. The topological polar surface area (TPSA) is 61.8 Å². The van der Waals surface area contributed by atoms with Gasteiger partial charge in [0.15, 0.2) is 11.6 Å². The molecule has 0 radical (unpaired) electrons. The lowest BCUT2D eigenvalue weighted by Gasteiger charge is -2.43. The zero-order valence-corrected chi connectivity index (χ0v) is 14.7. The van der Waals surface area contributed by atoms with Crippen LogP contribution in [0.3, 0.4) is 0 Å². The second-order valence-electron chi connectivity index (χ2n) is 7.17. The molecule has 0 aromatic heterocycles. The van der Waals surface area contributed by atoms with E-state index in [1.165, 1.54) is 18.9 Å². The highest BCUT2D eigenvalue weighted by atomic mass is 19.1. The minimum absolute atomic E-state index is 0.137. The summed E-state index contributed by atoms with van der Waals surface area (Å²) < 4.78 is 19.1. The lowest BCUT2D eigenvalue weighted by Crippen LogP contribution is -2.54. The number of halogens is 1. The van der Waals surface area contributed by atoms with Crippen LogP contribution in [0.25, 0.3) is 0 Å². The molecule has 6 heteroatoms. The first-order valence-corrected chi connectivity index (χ1v) is 9.15. The van der Waals surface area contributed by atoms with E-state index in [0.29, 0.717) is 36.9 Å². The predicted octanol–water partition coefficient (Wildman–Crippen LogP) is 2.64. The van der Waals surface area contributed by atoms with Crippen molar-refractivity contribution in [1.82, 2.24) is 10.2 Å². The van der Waals surface area contributed by atoms with Gasteiger partial charge in [-0.05, 0) is 56.2 Å². The minimum atomic E-state index is -0.748. The normalized spacial score (nSPS) is 22.7. The maximum Gasteiger partial charge on any atom is 0.317 e. The molecule has 138 valence electrons. The van der Waals surface area contributed by atoms with E-state index in [-0.39, 0.29) is 12.4 Å². The van der Waals surface area contributed by atoms with E-state index in [1.54, 1.807) is 6.07 Å². The molecular weight excluding hydrogens is 323 g/mol. The lowest BCUT2D eigenvalue weighted by molar-refractivity contribution is -0.139. The van der Waals surface area contributed by atoms with Gasteiger partial charge in [-0.2, -0.15) is 0 Å². The van der Waals surface area contributed by atoms with Gasteiger partial charge in [0, 0.05) is 25.2 Å². The van der Waals surface area contributed by atoms with Crippen molar-refractivity contribution in [2.75, 3.05) is 19.7 Å². The molecule has 0 spiro atoms. The fourth-order valence-electron chi connectivity index (χ4n) is 3.39. The van der Waals surface area contributed by atoms with Crippen molar-refractivity contribution in [3.63, 3.8) is 0 Å². The van der Waals surface area contributed by atoms with Crippen molar-refractivity contribution in [2.45, 2.75) is 51.2 Å². The SMILES string of the molecule is CCOc1ccc(CNC2CC(N(CC(=O)O)CC3CC3)C2)cc1F. The molecule has 0 amide bonds. The van der Waals surface area contributed by atoms with Crippen LogP contribution in [0.2, 0.25) is 0 Å². The molecule has 25 heavy (non-hydrogen) atoms. The third-order valence-corrected chi connectivity index (χ3v) is 5.05. The zero-order chi connectivity index (χ0) is 17.8. The molecule has 0 atom stereocenters. The number of aliphatic carboxylic acids is 1. The quantitative estimate of drug-likeness (QED) is 0.679. The summed E-state index contributed by atoms with van der Waals surface area (Å²) in [6, 6.07) is 5.78. The fraction of sp³-hybridized carbons (Fsp3) is 0.632. The van der Waals surface area contributed by atoms with E-state index >= 15 is 0 Å². The number of carboxylic acid groups (broad SMARTS) is 1. The van der Waals surface area contributed by atoms with Crippen LogP contribution in [0.1, 0.15) is 38.2 Å². The van der Waals surface area contributed by atoms with Crippen LogP contribution in [0.4, 0.5) is 4.39 Å². The van der Waals surface area contributed by atoms with E-state index in [1.807, 2.05) is 13.0 Å². The summed E-state index contributed by atoms with van der Waals surface area (Å²) in [5.41, 5.74) is 0.893. The summed E-state index contributed by atoms with van der Waals surface area (Å²) >= 11 is 0. The second-order valence-corrected chi connectivity index (χ2v) is 7.17. The average molecular weight is 350 g/mol. The monoisotopic (exact) mass is 350 g/mol. The summed E-state index contributed by atoms with van der Waals surface area (Å²) in [6.07, 6.45) is 4.38. The molecule has 5 nitrogen and oxygen atoms in total. The first kappa shape index (κ1) is 18.1. The molecule has 2 aliphatic rings. The molecule has 2 saturated carbocycles. The van der Waals surface area contributed by atoms with Crippen molar-refractivity contribution < 1.29 is 19.0 Å². The largest absolute Gasteiger partial charge is 0.491 e. The van der Waals surface area contributed by atoms with E-state index in [0.717, 1.165) is 24.9 Å². The number of hydrogen-bond donors (Lipinski definition) is 2. The second kappa shape index (κ2) is 8.15. The Hall–Kier alpha value is -1.66. The van der Waals surface area contributed by atoms with Crippen LogP contribution in [0, 0.1) is 11.7 Å². The summed E-state index contributed by atoms with van der Waals surface area (Å²) in [4.78, 5) is 13.2. The average Bonchev–Trinajstić information content (AvgIpc) is 3.31. The van der Waals surface area contributed by atoms with Crippen LogP contribution in [0.15, 0.2) is 18.2 Å². The van der Waals surface area contributed by atoms with E-state index in [9.17, 15) is 9.18 Å². The molecule has 1 aromatic rings. The van der Waals surface area contributed by atoms with Gasteiger partial charge in [-0.25, -0.2) is 4.39 Å². The van der Waals surface area contributed by atoms with Gasteiger partial charge in [-0.1, -0.05) is 6.07 Å². The third kappa shape index (κ3) is 5.16. The van der Waals surface area contributed by atoms with Gasteiger partial charge in [0.1, 0.15) is 0 Å². The predicted molar refractivity (Wildman–Crippen MR) is 93.2 cm³/mol. The molecule has 2 fully saturated rings. The van der Waals surface area contributed by atoms with Crippen molar-refractivity contribution >= 4 is 5.97 Å². The zero-order valence-electron chi connectivity index (χ0n) is 14.7. The molecule has 3 rings (SSSR count). The van der Waals surface area contributed by atoms with Gasteiger partial charge >= 0.3 is 5.97 Å². The van der Waals surface area contributed by atoms with Crippen molar-refractivity contribution in [1.29, 1.82) is 0 Å². The van der Waals surface area contributed by atoms with Gasteiger partial charge < -0.3 is 15.2 Å². The highest BCUT2D eigenvalue weighted by Crippen LogP contribution is 2.33. The number of nitrogens with zero attached hydrogens (tertiary/aromatic N) is 1. The molecular formula is C19H27FN2O3. The van der Waals surface area contributed by atoms with Crippen LogP contribution in [-0.4, -0.2) is 47.8 Å². The molecule has 1 aromatic carbocycles. The first-order valence-electron chi connectivity index (χ1n) is 9.15. The molecule has 0 bridgehead atoms. The lowest BCUT2D eigenvalue weighted by atomic mass is 9.85. The number of nitrogens with one attached hydrogen (secondary N) is 1. The van der Waals surface area contributed by atoms with Gasteiger partial charge in [-0.15, -0.1) is 0 Å². The number of hydrogen-bond acceptors (Lipinski definition) is 4. The van der Waals surface area contributed by atoms with Crippen molar-refractivity contribution in [3.05, 3.63) is 29.6 Å². The Morgan fingerprint density at radius 3 is 2.76 bits per heavy atom. The third-order valence-electron chi connectivity index (χ3n) is 5.05. The smallest absolute Gasteiger partial charge is 0.317 e. The molecule has 2 N–H and O–H groups in total. The fourth-order valence-corrected chi connectivity index (χ4v) is 3.39. The Labute approximate surface area is 148 Å². The Morgan fingerprint density at radius 1 is 1.40 bits per heavy atom. The minimum Gasteiger partial charge on any atom is -0.491 e. The summed E-state index contributed by atoms with van der Waals surface area (Å²) in [6.45, 7) is 3.94. The highest BCUT2D eigenvalue weighted by Gasteiger charge is 2.36. The summed E-state index contributed by atoms with van der Waals surface area (Å²) in [7, 11) is 0. The van der Waals surface area contributed by atoms with Gasteiger partial charge in [-0.3, -0.25) is 9.69 Å². The Morgan fingerprint density at radius 2 is 2.16 bits per heavy atom. The van der Waals surface area contributed by atoms with Gasteiger partial charge in [0.2, 0.25) is 0 Å². The number of carbonyl (C=O) groups is 1. The van der Waals surface area contributed by atoms with Crippen molar-refractivity contribution in [2.24, 2.45) is 5.92 Å². The number of rotatable bonds is 10. The maximum absolute atomic E-state index is 13.9. The van der Waals surface area contributed by atoms with Crippen LogP contribution in [-0.2, 0) is 11.3 Å². The van der Waals surface area contributed by atoms with E-state index in [4.69, 9.17) is 9.84 Å². The molecule has 0 aliphatic heterocycles. The number of carboxylic acids is 1. The summed E-state index contributed by atoms with van der Waals surface area (Å²) in [5, 5.41) is 12.5. The Kier molecular flexibility index (Phi) is 5.91. The van der Waals surface area contributed by atoms with E-state index in [2.05, 4.69) is 10.2 Å².